The zero-order valence-electron chi connectivity index (χ0n) is 15.8. The Labute approximate surface area is 172 Å². The maximum atomic E-state index is 12.6. The predicted molar refractivity (Wildman–Crippen MR) is 113 cm³/mol. The van der Waals surface area contributed by atoms with Crippen molar-refractivity contribution in [3.8, 4) is 11.5 Å². The molecule has 0 saturated carbocycles. The number of hydrogen-bond donors (Lipinski definition) is 0. The lowest BCUT2D eigenvalue weighted by molar-refractivity contribution is -0.126. The maximum Gasteiger partial charge on any atom is 0.246 e. The Balaban J connectivity index is 1.20. The van der Waals surface area contributed by atoms with E-state index in [1.807, 2.05) is 41.3 Å². The average molecular weight is 408 g/mol. The van der Waals surface area contributed by atoms with Crippen LogP contribution in [0, 0.1) is 0 Å². The first-order valence-corrected chi connectivity index (χ1v) is 10.4. The SMILES string of the molecule is O=C(/C=C/c1ccc2c(c1)OCCO2)N1CCN(c2nc3cccnc3s2)CC1. The monoisotopic (exact) mass is 408 g/mol. The van der Waals surface area contributed by atoms with Crippen molar-refractivity contribution < 1.29 is 14.3 Å². The molecule has 0 aliphatic carbocycles. The summed E-state index contributed by atoms with van der Waals surface area (Å²) in [6, 6.07) is 9.58. The van der Waals surface area contributed by atoms with Gasteiger partial charge in [0.1, 0.15) is 23.6 Å². The van der Waals surface area contributed by atoms with Gasteiger partial charge in [-0.3, -0.25) is 4.79 Å². The van der Waals surface area contributed by atoms with E-state index in [4.69, 9.17) is 9.47 Å². The molecule has 0 bridgehead atoms. The van der Waals surface area contributed by atoms with Crippen LogP contribution in [0.3, 0.4) is 0 Å². The number of aromatic nitrogens is 2. The summed E-state index contributed by atoms with van der Waals surface area (Å²) in [5.41, 5.74) is 1.84. The molecular weight excluding hydrogens is 388 g/mol. The van der Waals surface area contributed by atoms with Crippen LogP contribution in [0.15, 0.2) is 42.6 Å². The summed E-state index contributed by atoms with van der Waals surface area (Å²) in [6.45, 7) is 4.00. The number of piperazine rings is 1. The molecule has 1 amide bonds. The van der Waals surface area contributed by atoms with Gasteiger partial charge in [-0.15, -0.1) is 0 Å². The second kappa shape index (κ2) is 7.71. The first kappa shape index (κ1) is 17.9. The highest BCUT2D eigenvalue weighted by Gasteiger charge is 2.22. The van der Waals surface area contributed by atoms with Gasteiger partial charge in [0.05, 0.1) is 0 Å². The summed E-state index contributed by atoms with van der Waals surface area (Å²) >= 11 is 1.60. The quantitative estimate of drug-likeness (QED) is 0.621. The van der Waals surface area contributed by atoms with Crippen molar-refractivity contribution in [3.63, 3.8) is 0 Å². The maximum absolute atomic E-state index is 12.6. The molecule has 8 heteroatoms. The summed E-state index contributed by atoms with van der Waals surface area (Å²) in [7, 11) is 0. The number of carbonyl (C=O) groups excluding carboxylic acids is 1. The van der Waals surface area contributed by atoms with Crippen LogP contribution in [0.4, 0.5) is 5.13 Å². The number of fused-ring (bicyclic) bond motifs is 2. The fraction of sp³-hybridized carbons (Fsp3) is 0.286. The first-order valence-electron chi connectivity index (χ1n) is 9.59. The van der Waals surface area contributed by atoms with Crippen LogP contribution in [0.1, 0.15) is 5.56 Å². The number of ether oxygens (including phenoxy) is 2. The number of hydrogen-bond acceptors (Lipinski definition) is 7. The number of nitrogens with zero attached hydrogens (tertiary/aromatic N) is 4. The summed E-state index contributed by atoms with van der Waals surface area (Å²) in [5.74, 6) is 1.50. The number of rotatable bonds is 3. The van der Waals surface area contributed by atoms with Crippen molar-refractivity contribution in [1.29, 1.82) is 0 Å². The van der Waals surface area contributed by atoms with Crippen molar-refractivity contribution in [2.24, 2.45) is 0 Å². The molecule has 148 valence electrons. The van der Waals surface area contributed by atoms with Crippen molar-refractivity contribution in [2.75, 3.05) is 44.3 Å². The molecule has 0 spiro atoms. The largest absolute Gasteiger partial charge is 0.486 e. The fourth-order valence-corrected chi connectivity index (χ4v) is 4.41. The van der Waals surface area contributed by atoms with Gasteiger partial charge in [-0.2, -0.15) is 0 Å². The lowest BCUT2D eigenvalue weighted by Gasteiger charge is -2.34. The van der Waals surface area contributed by atoms with E-state index in [9.17, 15) is 4.79 Å². The number of pyridine rings is 1. The Morgan fingerprint density at radius 3 is 2.72 bits per heavy atom. The third-order valence-corrected chi connectivity index (χ3v) is 6.04. The second-order valence-electron chi connectivity index (χ2n) is 6.87. The zero-order chi connectivity index (χ0) is 19.6. The molecule has 5 rings (SSSR count). The molecular formula is C21H20N4O3S. The fourth-order valence-electron chi connectivity index (χ4n) is 3.45. The predicted octanol–water partition coefficient (Wildman–Crippen LogP) is 2.82. The van der Waals surface area contributed by atoms with Gasteiger partial charge < -0.3 is 19.3 Å². The molecule has 0 unspecified atom stereocenters. The van der Waals surface area contributed by atoms with Gasteiger partial charge in [0.25, 0.3) is 0 Å². The highest BCUT2D eigenvalue weighted by Crippen LogP contribution is 2.31. The molecule has 2 aliphatic rings. The molecule has 0 radical (unpaired) electrons. The molecule has 1 saturated heterocycles. The number of benzene rings is 1. The van der Waals surface area contributed by atoms with Crippen LogP contribution in [-0.2, 0) is 4.79 Å². The van der Waals surface area contributed by atoms with E-state index in [0.717, 1.165) is 45.6 Å². The van der Waals surface area contributed by atoms with Crippen molar-refractivity contribution >= 4 is 38.8 Å². The second-order valence-corrected chi connectivity index (χ2v) is 7.83. The molecule has 29 heavy (non-hydrogen) atoms. The highest BCUT2D eigenvalue weighted by atomic mass is 32.1. The highest BCUT2D eigenvalue weighted by molar-refractivity contribution is 7.21. The van der Waals surface area contributed by atoms with E-state index < -0.39 is 0 Å². The number of thiazole rings is 1. The summed E-state index contributed by atoms with van der Waals surface area (Å²) in [6.07, 6.45) is 5.24. The molecule has 1 fully saturated rings. The Morgan fingerprint density at radius 1 is 1.07 bits per heavy atom. The molecule has 2 aromatic heterocycles. The van der Waals surface area contributed by atoms with E-state index >= 15 is 0 Å². The molecule has 3 aromatic rings. The Bertz CT molecular complexity index is 1040. The van der Waals surface area contributed by atoms with Gasteiger partial charge in [0, 0.05) is 38.5 Å². The van der Waals surface area contributed by atoms with Gasteiger partial charge in [0.2, 0.25) is 5.91 Å². The molecule has 4 heterocycles. The van der Waals surface area contributed by atoms with Gasteiger partial charge in [-0.25, -0.2) is 9.97 Å². The topological polar surface area (TPSA) is 67.8 Å². The lowest BCUT2D eigenvalue weighted by atomic mass is 10.1. The van der Waals surface area contributed by atoms with Crippen LogP contribution in [-0.4, -0.2) is 60.2 Å². The Morgan fingerprint density at radius 2 is 1.90 bits per heavy atom. The third-order valence-electron chi connectivity index (χ3n) is 5.00. The van der Waals surface area contributed by atoms with E-state index in [-0.39, 0.29) is 5.91 Å². The average Bonchev–Trinajstić information content (AvgIpc) is 3.22. The third kappa shape index (κ3) is 3.75. The Hall–Kier alpha value is -3.13. The van der Waals surface area contributed by atoms with Gasteiger partial charge in [-0.05, 0) is 35.9 Å². The van der Waals surface area contributed by atoms with Crippen LogP contribution in [0.2, 0.25) is 0 Å². The number of anilines is 1. The van der Waals surface area contributed by atoms with E-state index in [1.54, 1.807) is 23.6 Å². The van der Waals surface area contributed by atoms with Crippen molar-refractivity contribution in [3.05, 3.63) is 48.2 Å². The van der Waals surface area contributed by atoms with Crippen molar-refractivity contribution in [1.82, 2.24) is 14.9 Å². The van der Waals surface area contributed by atoms with E-state index in [1.165, 1.54) is 0 Å². The molecule has 7 nitrogen and oxygen atoms in total. The lowest BCUT2D eigenvalue weighted by Crippen LogP contribution is -2.48. The van der Waals surface area contributed by atoms with Gasteiger partial charge in [-0.1, -0.05) is 17.4 Å². The molecule has 2 aliphatic heterocycles. The zero-order valence-corrected chi connectivity index (χ0v) is 16.6. The van der Waals surface area contributed by atoms with Gasteiger partial charge >= 0.3 is 0 Å². The smallest absolute Gasteiger partial charge is 0.246 e. The molecule has 0 N–H and O–H groups in total. The number of carbonyl (C=O) groups is 1. The van der Waals surface area contributed by atoms with E-state index in [2.05, 4.69) is 14.9 Å². The summed E-state index contributed by atoms with van der Waals surface area (Å²) in [4.78, 5) is 26.6. The summed E-state index contributed by atoms with van der Waals surface area (Å²) in [5, 5.41) is 0.970. The van der Waals surface area contributed by atoms with E-state index in [0.29, 0.717) is 26.3 Å². The van der Waals surface area contributed by atoms with Crippen LogP contribution in [0.5, 0.6) is 11.5 Å². The van der Waals surface area contributed by atoms with Crippen LogP contribution >= 0.6 is 11.3 Å². The Kier molecular flexibility index (Phi) is 4.77. The van der Waals surface area contributed by atoms with Crippen molar-refractivity contribution in [2.45, 2.75) is 0 Å². The number of amides is 1. The standard InChI is InChI=1S/C21H20N4O3S/c26-19(6-4-15-3-5-17-18(14-15)28-13-12-27-17)24-8-10-25(11-9-24)21-23-16-2-1-7-22-20(16)29-21/h1-7,14H,8-13H2/b6-4+. The van der Waals surface area contributed by atoms with Crippen LogP contribution in [0.25, 0.3) is 16.4 Å². The molecule has 0 atom stereocenters. The molecule has 1 aromatic carbocycles. The minimum Gasteiger partial charge on any atom is -0.486 e. The normalized spacial score (nSPS) is 16.6. The minimum atomic E-state index is 0.0190. The van der Waals surface area contributed by atoms with Crippen LogP contribution < -0.4 is 14.4 Å². The first-order chi connectivity index (χ1) is 14.3. The summed E-state index contributed by atoms with van der Waals surface area (Å²) < 4.78 is 11.1. The minimum absolute atomic E-state index is 0.0190. The van der Waals surface area contributed by atoms with Gasteiger partial charge in [0.15, 0.2) is 16.6 Å².